The van der Waals surface area contributed by atoms with Gasteiger partial charge in [-0.25, -0.2) is 0 Å². The zero-order valence-electron chi connectivity index (χ0n) is 19.3. The number of carbonyl (C=O) groups excluding carboxylic acids is 1. The van der Waals surface area contributed by atoms with Crippen LogP contribution < -0.4 is 11.1 Å². The number of nitrogen functional groups attached to an aromatic ring is 1. The first-order valence-corrected chi connectivity index (χ1v) is 10.9. The topological polar surface area (TPSA) is 95.6 Å². The number of nitrogens with two attached hydrogens (primary N) is 1. The minimum Gasteiger partial charge on any atom is -0.505 e. The minimum atomic E-state index is -5.21. The van der Waals surface area contributed by atoms with E-state index >= 15 is 0 Å². The number of nitrogens with one attached hydrogen (secondary N) is 1. The normalized spacial score (nSPS) is 13.5. The summed E-state index contributed by atoms with van der Waals surface area (Å²) >= 11 is 2.97. The third-order valence-electron chi connectivity index (χ3n) is 4.61. The highest BCUT2D eigenvalue weighted by Gasteiger charge is 2.41. The molecule has 0 aliphatic rings. The first-order chi connectivity index (χ1) is 17.3. The highest BCUT2D eigenvalue weighted by Crippen LogP contribution is 2.45. The number of benzene rings is 2. The summed E-state index contributed by atoms with van der Waals surface area (Å²) in [5.74, 6) is -4.02. The molecule has 2 aromatic rings. The van der Waals surface area contributed by atoms with Crippen molar-refractivity contribution in [2.75, 3.05) is 11.1 Å². The Bertz CT molecular complexity index is 1190. The van der Waals surface area contributed by atoms with E-state index in [9.17, 15) is 62.6 Å². The number of carbonyl (C=O) groups is 1. The largest absolute Gasteiger partial charge is 0.505 e. The lowest BCUT2D eigenvalue weighted by Crippen LogP contribution is -2.27. The van der Waals surface area contributed by atoms with Crippen LogP contribution in [-0.2, 0) is 29.5 Å². The SMILES string of the molecule is CC(C)C(Br)C(=O)Nc1cc(C(F)(F)F)cc(C(F)(F)F)c1O.Nc1cc(C(F)(F)F)cc(C(F)(F)F)c1O. The summed E-state index contributed by atoms with van der Waals surface area (Å²) in [7, 11) is 0. The molecule has 220 valence electrons. The van der Waals surface area contributed by atoms with Crippen LogP contribution in [0.1, 0.15) is 36.1 Å². The molecular weight excluding hydrogens is 636 g/mol. The van der Waals surface area contributed by atoms with Gasteiger partial charge in [0.15, 0.2) is 11.5 Å². The number of phenols is 2. The second-order valence-electron chi connectivity index (χ2n) is 8.01. The highest BCUT2D eigenvalue weighted by atomic mass is 79.9. The van der Waals surface area contributed by atoms with Crippen molar-refractivity contribution in [3.63, 3.8) is 0 Å². The predicted molar refractivity (Wildman–Crippen MR) is 117 cm³/mol. The van der Waals surface area contributed by atoms with E-state index in [2.05, 4.69) is 15.9 Å². The lowest BCUT2D eigenvalue weighted by molar-refractivity contribution is -0.145. The number of hydrogen-bond acceptors (Lipinski definition) is 4. The van der Waals surface area contributed by atoms with Crippen LogP contribution in [0.4, 0.5) is 64.1 Å². The van der Waals surface area contributed by atoms with Gasteiger partial charge in [-0.3, -0.25) is 4.79 Å². The van der Waals surface area contributed by atoms with Gasteiger partial charge in [-0.2, -0.15) is 52.7 Å². The van der Waals surface area contributed by atoms with E-state index in [1.807, 2.05) is 5.32 Å². The quantitative estimate of drug-likeness (QED) is 0.118. The molecule has 0 saturated carbocycles. The molecule has 0 bridgehead atoms. The van der Waals surface area contributed by atoms with E-state index in [0.717, 1.165) is 0 Å². The molecule has 1 unspecified atom stereocenters. The van der Waals surface area contributed by atoms with Crippen molar-refractivity contribution in [2.24, 2.45) is 5.92 Å². The predicted octanol–water partition coefficient (Wildman–Crippen LogP) is 7.80. The van der Waals surface area contributed by atoms with Crippen LogP contribution in [0.15, 0.2) is 24.3 Å². The third kappa shape index (κ3) is 8.99. The average Bonchev–Trinajstić information content (AvgIpc) is 2.73. The van der Waals surface area contributed by atoms with Crippen LogP contribution >= 0.6 is 15.9 Å². The zero-order chi connectivity index (χ0) is 30.9. The Hall–Kier alpha value is -3.05. The molecule has 5 nitrogen and oxygen atoms in total. The summed E-state index contributed by atoms with van der Waals surface area (Å²) in [6, 6.07) is 0.0951. The average molecular weight is 653 g/mol. The van der Waals surface area contributed by atoms with Gasteiger partial charge < -0.3 is 21.3 Å². The summed E-state index contributed by atoms with van der Waals surface area (Å²) in [6.07, 6.45) is -20.3. The molecule has 5 N–H and O–H groups in total. The number of phenolic OH excluding ortho intramolecular Hbond substituents is 2. The lowest BCUT2D eigenvalue weighted by Gasteiger charge is -2.19. The van der Waals surface area contributed by atoms with E-state index in [4.69, 9.17) is 10.8 Å². The second kappa shape index (κ2) is 11.6. The number of amides is 1. The maximum Gasteiger partial charge on any atom is 0.420 e. The molecule has 2 aromatic carbocycles. The van der Waals surface area contributed by atoms with Crippen molar-refractivity contribution in [3.8, 4) is 11.5 Å². The van der Waals surface area contributed by atoms with Gasteiger partial charge in [0.05, 0.1) is 38.5 Å². The molecule has 0 spiro atoms. The smallest absolute Gasteiger partial charge is 0.420 e. The maximum absolute atomic E-state index is 12.8. The van der Waals surface area contributed by atoms with Crippen LogP contribution in [0.25, 0.3) is 0 Å². The van der Waals surface area contributed by atoms with Gasteiger partial charge >= 0.3 is 24.7 Å². The molecule has 0 fully saturated rings. The molecule has 1 amide bonds. The van der Waals surface area contributed by atoms with Crippen molar-refractivity contribution in [2.45, 2.75) is 43.4 Å². The number of anilines is 2. The molecule has 0 aromatic heterocycles. The highest BCUT2D eigenvalue weighted by molar-refractivity contribution is 9.10. The summed E-state index contributed by atoms with van der Waals surface area (Å²) < 4.78 is 150. The Morgan fingerprint density at radius 3 is 1.49 bits per heavy atom. The molecular formula is C21H17BrF12N2O3. The van der Waals surface area contributed by atoms with Gasteiger partial charge in [0, 0.05) is 0 Å². The summed E-state index contributed by atoms with van der Waals surface area (Å²) in [5.41, 5.74) is -3.93. The standard InChI is InChI=1S/C13H12BrF6NO2.C8H5F6NO/c1-5(2)9(14)11(23)21-8-4-6(12(15,16)17)3-7(10(8)22)13(18,19)20;9-7(10,11)3-1-4(8(12,13)14)6(16)5(15)2-3/h3-5,9,22H,1-2H3,(H,21,23);1-2,16H,15H2. The first-order valence-electron chi connectivity index (χ1n) is 10.0. The fourth-order valence-corrected chi connectivity index (χ4v) is 2.77. The van der Waals surface area contributed by atoms with Gasteiger partial charge in [-0.15, -0.1) is 0 Å². The number of aromatic hydroxyl groups is 2. The Labute approximate surface area is 219 Å². The van der Waals surface area contributed by atoms with Crippen LogP contribution in [-0.4, -0.2) is 20.9 Å². The first kappa shape index (κ1) is 34.0. The molecule has 0 radical (unpaired) electrons. The van der Waals surface area contributed by atoms with Crippen LogP contribution in [0.5, 0.6) is 11.5 Å². The number of rotatable bonds is 3. The number of hydrogen-bond donors (Lipinski definition) is 4. The molecule has 0 aliphatic carbocycles. The van der Waals surface area contributed by atoms with E-state index in [1.54, 1.807) is 13.8 Å². The fourth-order valence-electron chi connectivity index (χ4n) is 2.65. The molecule has 2 rings (SSSR count). The number of alkyl halides is 13. The van der Waals surface area contributed by atoms with Gasteiger partial charge in [-0.05, 0) is 30.2 Å². The van der Waals surface area contributed by atoms with E-state index < -0.39 is 80.6 Å². The zero-order valence-corrected chi connectivity index (χ0v) is 20.8. The van der Waals surface area contributed by atoms with E-state index in [0.29, 0.717) is 0 Å². The van der Waals surface area contributed by atoms with Gasteiger partial charge in [0.25, 0.3) is 0 Å². The molecule has 39 heavy (non-hydrogen) atoms. The molecule has 18 heteroatoms. The summed E-state index contributed by atoms with van der Waals surface area (Å²) in [4.78, 5) is 10.9. The van der Waals surface area contributed by atoms with Crippen molar-refractivity contribution < 1.29 is 67.7 Å². The Morgan fingerprint density at radius 2 is 1.13 bits per heavy atom. The lowest BCUT2D eigenvalue weighted by atomic mass is 10.1. The minimum absolute atomic E-state index is 0.189. The Balaban J connectivity index is 0.000000416. The second-order valence-corrected chi connectivity index (χ2v) is 8.99. The molecule has 0 heterocycles. The Morgan fingerprint density at radius 1 is 0.744 bits per heavy atom. The van der Waals surface area contributed by atoms with Gasteiger partial charge in [0.2, 0.25) is 5.91 Å². The van der Waals surface area contributed by atoms with E-state index in [-0.39, 0.29) is 30.2 Å². The van der Waals surface area contributed by atoms with Crippen molar-refractivity contribution in [1.29, 1.82) is 0 Å². The number of halogens is 13. The molecule has 1 atom stereocenters. The van der Waals surface area contributed by atoms with Crippen LogP contribution in [0.3, 0.4) is 0 Å². The van der Waals surface area contributed by atoms with Gasteiger partial charge in [-0.1, -0.05) is 29.8 Å². The van der Waals surface area contributed by atoms with Crippen molar-refractivity contribution >= 4 is 33.2 Å². The van der Waals surface area contributed by atoms with Gasteiger partial charge in [0.1, 0.15) is 0 Å². The van der Waals surface area contributed by atoms with Crippen LogP contribution in [0, 0.1) is 5.92 Å². The van der Waals surface area contributed by atoms with Crippen LogP contribution in [0.2, 0.25) is 0 Å². The maximum atomic E-state index is 12.8. The molecule has 0 saturated heterocycles. The fraction of sp³-hybridized carbons (Fsp3) is 0.381. The van der Waals surface area contributed by atoms with Crippen molar-refractivity contribution in [1.82, 2.24) is 0 Å². The monoisotopic (exact) mass is 652 g/mol. The van der Waals surface area contributed by atoms with Crippen molar-refractivity contribution in [3.05, 3.63) is 46.5 Å². The summed E-state index contributed by atoms with van der Waals surface area (Å²) in [5, 5.41) is 20.4. The molecule has 0 aliphatic heterocycles. The van der Waals surface area contributed by atoms with E-state index in [1.165, 1.54) is 0 Å². The Kier molecular flexibility index (Phi) is 10.1. The summed E-state index contributed by atoms with van der Waals surface area (Å²) in [6.45, 7) is 3.23. The third-order valence-corrected chi connectivity index (χ3v) is 6.08.